The summed E-state index contributed by atoms with van der Waals surface area (Å²) in [4.78, 5) is 14.3. The Morgan fingerprint density at radius 2 is 0.825 bits per heavy atom. The lowest BCUT2D eigenvalue weighted by Crippen LogP contribution is -2.65. The Morgan fingerprint density at radius 3 is 1.28 bits per heavy atom. The van der Waals surface area contributed by atoms with Gasteiger partial charge in [-0.15, -0.1) is 0 Å². The maximum absolute atomic E-state index is 10.6. The van der Waals surface area contributed by atoms with Gasteiger partial charge >= 0.3 is 0 Å². The summed E-state index contributed by atoms with van der Waals surface area (Å²) in [6, 6.07) is -18.6. The number of benzene rings is 6. The van der Waals surface area contributed by atoms with E-state index in [9.17, 15) is 13.7 Å². The second-order valence-corrected chi connectivity index (χ2v) is 19.0. The number of para-hydroxylation sites is 4. The van der Waals surface area contributed by atoms with Crippen molar-refractivity contribution >= 4 is 62.1 Å². The molecule has 11 rings (SSSR count). The largest absolute Gasteiger partial charge is 0.278 e. The molecule has 3 heterocycles. The number of hydrogen-bond donors (Lipinski definition) is 0. The molecule has 6 aromatic carbocycles. The fourth-order valence-corrected chi connectivity index (χ4v) is 15.7. The molecule has 6 heteroatoms. The highest BCUT2D eigenvalue weighted by molar-refractivity contribution is 7.04. The van der Waals surface area contributed by atoms with Gasteiger partial charge in [0.05, 0.1) is 56.3 Å². The van der Waals surface area contributed by atoms with Crippen molar-refractivity contribution in [2.45, 2.75) is 75.3 Å². The fourth-order valence-electron chi connectivity index (χ4n) is 9.42. The maximum Gasteiger partial charge on any atom is 0.240 e. The Balaban J connectivity index is 1.40. The van der Waals surface area contributed by atoms with Crippen molar-refractivity contribution in [3.63, 3.8) is 0 Å². The Labute approximate surface area is 370 Å². The molecule has 0 unspecified atom stereocenters. The molecule has 5 nitrogen and oxygen atoms in total. The molecule has 0 radical (unpaired) electrons. The third-order valence-electron chi connectivity index (χ3n) is 11.8. The quantitative estimate of drug-likeness (QED) is 0.151. The van der Waals surface area contributed by atoms with E-state index >= 15 is 0 Å². The molecular weight excluding hydrogens is 711 g/mol. The van der Waals surface area contributed by atoms with E-state index in [-0.39, 0.29) is 10.4 Å². The average molecular weight is 783 g/mol. The van der Waals surface area contributed by atoms with E-state index in [0.29, 0.717) is 51.4 Å². The zero-order chi connectivity index (χ0) is 59.5. The number of hydrogen-bond acceptors (Lipinski definition) is 3. The number of aromatic nitrogens is 5. The van der Waals surface area contributed by atoms with Crippen molar-refractivity contribution in [2.75, 3.05) is 0 Å². The highest BCUT2D eigenvalue weighted by Gasteiger charge is 2.50. The van der Waals surface area contributed by atoms with Gasteiger partial charge in [-0.25, -0.2) is 0 Å². The minimum absolute atomic E-state index is 0.0542. The van der Waals surface area contributed by atoms with Crippen molar-refractivity contribution in [1.29, 1.82) is 0 Å². The molecule has 0 spiro atoms. The average Bonchev–Trinajstić information content (AvgIpc) is 1.42. The van der Waals surface area contributed by atoms with E-state index in [0.717, 1.165) is 22.0 Å². The van der Waals surface area contributed by atoms with Crippen molar-refractivity contribution in [3.05, 3.63) is 151 Å². The SMILES string of the molecule is [2H]c1c([2H])c([2H])c([Si](c2c([2H])c([2H])c([2H])c(-c3nc(-n4c5c([2H])c([2H])c([2H])c([2H])c5c5c([2H])c([2H])c([2H])c([2H])c54)nc(-n4c5c([2H])c([2H])c([2H])c([2H])c5c5c([2H])c([2H])c([2H])c([2H])c54)n3)c2[2H])(C2CCCCC2)C2CCCCC2)c([2H])c1[2H]. The molecule has 3 aromatic heterocycles. The minimum atomic E-state index is -4.30. The molecule has 57 heavy (non-hydrogen) atoms. The Hall–Kier alpha value is -5.85. The number of nitrogens with zero attached hydrogens (tertiary/aromatic N) is 5. The van der Waals surface area contributed by atoms with Crippen LogP contribution in [0.1, 0.15) is 98.5 Å². The standard InChI is InChI=1S/C51H47N5Si/c1-4-20-37(21-5-1)57(38-22-6-2-7-23-38,39-24-8-3-9-25-39)40-26-18-19-36(35-40)49-52-50(55-45-31-14-10-27-41(45)42-28-11-15-32-46(42)55)54-51(53-49)56-47-33-16-12-29-43(47)44-30-13-17-34-48(44)56/h1,4-5,10-21,26-35,38-39H,2-3,6-9,22-25H2/i1D,4D,5D,10D,11D,12D,13D,14D,15D,16D,17D,18D,19D,20D,21D,26D,27D,28D,29D,30D,31D,32D,33D,34D,35D. The molecular formula is C51H47N5Si. The van der Waals surface area contributed by atoms with Gasteiger partial charge in [-0.3, -0.25) is 9.13 Å². The van der Waals surface area contributed by atoms with Crippen molar-refractivity contribution < 1.29 is 34.3 Å². The van der Waals surface area contributed by atoms with Gasteiger partial charge in [0.1, 0.15) is 8.07 Å². The van der Waals surface area contributed by atoms with Gasteiger partial charge in [0, 0.05) is 27.1 Å². The maximum atomic E-state index is 10.6. The van der Waals surface area contributed by atoms with E-state index in [1.165, 1.54) is 0 Å². The molecule has 0 atom stereocenters. The number of fused-ring (bicyclic) bond motifs is 6. The summed E-state index contributed by atoms with van der Waals surface area (Å²) in [5.41, 5.74) is -3.68. The van der Waals surface area contributed by atoms with Crippen LogP contribution in [0, 0.1) is 0 Å². The fraction of sp³-hybridized carbons (Fsp3) is 0.235. The van der Waals surface area contributed by atoms with Gasteiger partial charge in [-0.2, -0.15) is 15.0 Å². The van der Waals surface area contributed by atoms with Crippen LogP contribution < -0.4 is 10.4 Å². The topological polar surface area (TPSA) is 48.5 Å². The summed E-state index contributed by atoms with van der Waals surface area (Å²) in [7, 11) is -4.30. The first-order valence-electron chi connectivity index (χ1n) is 31.6. The lowest BCUT2D eigenvalue weighted by molar-refractivity contribution is 0.459. The molecule has 0 saturated heterocycles. The van der Waals surface area contributed by atoms with Crippen LogP contribution in [0.5, 0.6) is 0 Å². The summed E-state index contributed by atoms with van der Waals surface area (Å²) in [6.45, 7) is 0. The molecule has 2 fully saturated rings. The third kappa shape index (κ3) is 5.59. The minimum Gasteiger partial charge on any atom is -0.278 e. The van der Waals surface area contributed by atoms with Gasteiger partial charge in [-0.1, -0.05) is 201 Å². The van der Waals surface area contributed by atoms with Crippen molar-refractivity contribution in [3.8, 4) is 23.3 Å². The van der Waals surface area contributed by atoms with E-state index in [4.69, 9.17) is 35.5 Å². The summed E-state index contributed by atoms with van der Waals surface area (Å²) >= 11 is 0. The van der Waals surface area contributed by atoms with Crippen LogP contribution in [0.4, 0.5) is 0 Å². The van der Waals surface area contributed by atoms with Crippen molar-refractivity contribution in [2.24, 2.45) is 0 Å². The molecule has 9 aromatic rings. The number of rotatable bonds is 7. The van der Waals surface area contributed by atoms with Gasteiger partial charge in [-0.05, 0) is 35.3 Å². The predicted molar refractivity (Wildman–Crippen MR) is 239 cm³/mol. The van der Waals surface area contributed by atoms with E-state index in [1.807, 2.05) is 0 Å². The molecule has 2 aliphatic carbocycles. The van der Waals surface area contributed by atoms with E-state index in [2.05, 4.69) is 0 Å². The lowest BCUT2D eigenvalue weighted by Gasteiger charge is -2.48. The van der Waals surface area contributed by atoms with E-state index < -0.39 is 237 Å². The van der Waals surface area contributed by atoms with Gasteiger partial charge in [0.15, 0.2) is 5.82 Å². The monoisotopic (exact) mass is 783 g/mol. The Morgan fingerprint density at radius 1 is 0.421 bits per heavy atom. The van der Waals surface area contributed by atoms with Crippen LogP contribution in [-0.4, -0.2) is 32.2 Å². The highest BCUT2D eigenvalue weighted by atomic mass is 28.3. The first kappa shape index (κ1) is 17.3. The molecule has 0 bridgehead atoms. The summed E-state index contributed by atoms with van der Waals surface area (Å²) < 4.78 is 232. The predicted octanol–water partition coefficient (Wildman–Crippen LogP) is 12.0. The van der Waals surface area contributed by atoms with Crippen LogP contribution in [-0.2, 0) is 0 Å². The molecule has 0 N–H and O–H groups in total. The van der Waals surface area contributed by atoms with Crippen LogP contribution in [0.25, 0.3) is 66.9 Å². The molecule has 280 valence electrons. The Kier molecular flexibility index (Phi) is 4.34. The van der Waals surface area contributed by atoms with Gasteiger partial charge in [0.25, 0.3) is 0 Å². The second kappa shape index (κ2) is 14.3. The van der Waals surface area contributed by atoms with E-state index in [1.54, 1.807) is 0 Å². The van der Waals surface area contributed by atoms with Crippen LogP contribution in [0.3, 0.4) is 0 Å². The second-order valence-electron chi connectivity index (χ2n) is 14.6. The molecule has 2 aliphatic rings. The summed E-state index contributed by atoms with van der Waals surface area (Å²) in [5.74, 6) is -2.33. The normalized spacial score (nSPS) is 22.1. The Bertz CT molecular complexity index is 3960. The molecule has 0 aliphatic heterocycles. The zero-order valence-corrected chi connectivity index (χ0v) is 31.5. The first-order valence-corrected chi connectivity index (χ1v) is 21.3. The van der Waals surface area contributed by atoms with Gasteiger partial charge in [0.2, 0.25) is 11.9 Å². The van der Waals surface area contributed by atoms with Crippen LogP contribution in [0.15, 0.2) is 151 Å². The smallest absolute Gasteiger partial charge is 0.240 e. The summed E-state index contributed by atoms with van der Waals surface area (Å²) in [6.07, 6.45) is 6.06. The molecule has 2 saturated carbocycles. The van der Waals surface area contributed by atoms with Crippen molar-refractivity contribution in [1.82, 2.24) is 24.1 Å². The first-order chi connectivity index (χ1) is 38.7. The third-order valence-corrected chi connectivity index (χ3v) is 17.6. The zero-order valence-electron chi connectivity index (χ0n) is 55.5. The summed E-state index contributed by atoms with van der Waals surface area (Å²) in [5, 5.41) is -1.90. The molecule has 0 amide bonds. The lowest BCUT2D eigenvalue weighted by atomic mass is 9.99. The van der Waals surface area contributed by atoms with Crippen LogP contribution in [0.2, 0.25) is 11.1 Å². The highest BCUT2D eigenvalue weighted by Crippen LogP contribution is 2.48. The van der Waals surface area contributed by atoms with Gasteiger partial charge < -0.3 is 0 Å². The van der Waals surface area contributed by atoms with Crippen LogP contribution >= 0.6 is 0 Å².